The number of amides is 1. The van der Waals surface area contributed by atoms with Gasteiger partial charge < -0.3 is 0 Å². The van der Waals surface area contributed by atoms with Gasteiger partial charge in [-0.1, -0.05) is 30.4 Å². The van der Waals surface area contributed by atoms with Gasteiger partial charge >= 0.3 is 0 Å². The van der Waals surface area contributed by atoms with Crippen LogP contribution in [0.5, 0.6) is 0 Å². The van der Waals surface area contributed by atoms with Gasteiger partial charge in [-0.3, -0.25) is 14.7 Å². The number of hydrogen-bond donors (Lipinski definition) is 0. The average molecular weight is 507 g/mol. The van der Waals surface area contributed by atoms with Crippen molar-refractivity contribution in [2.75, 3.05) is 18.0 Å². The van der Waals surface area contributed by atoms with Crippen molar-refractivity contribution in [2.24, 2.45) is 0 Å². The number of carbonyl (C=O) groups is 1. The third-order valence-electron chi connectivity index (χ3n) is 6.19. The van der Waals surface area contributed by atoms with Crippen molar-refractivity contribution in [3.05, 3.63) is 83.7 Å². The number of aryl methyl sites for hydroxylation is 1. The number of pyridine rings is 1. The van der Waals surface area contributed by atoms with Crippen molar-refractivity contribution in [3.8, 4) is 0 Å². The molecule has 1 saturated heterocycles. The molecule has 3 heterocycles. The third-order valence-corrected chi connectivity index (χ3v) is 9.15. The van der Waals surface area contributed by atoms with E-state index >= 15 is 0 Å². The Balaban J connectivity index is 1.48. The average Bonchev–Trinajstić information content (AvgIpc) is 3.58. The van der Waals surface area contributed by atoms with Crippen molar-refractivity contribution < 1.29 is 13.2 Å². The van der Waals surface area contributed by atoms with Crippen LogP contribution in [0.3, 0.4) is 0 Å². The molecule has 1 fully saturated rings. The smallest absolute Gasteiger partial charge is 0.260 e. The molecule has 0 N–H and O–H groups in total. The summed E-state index contributed by atoms with van der Waals surface area (Å²) >= 11 is 1.47. The summed E-state index contributed by atoms with van der Waals surface area (Å²) in [5, 5.41) is 0.593. The fourth-order valence-electron chi connectivity index (χ4n) is 4.20. The van der Waals surface area contributed by atoms with Crippen molar-refractivity contribution in [2.45, 2.75) is 37.6 Å². The Kier molecular flexibility index (Phi) is 6.64. The van der Waals surface area contributed by atoms with E-state index in [1.807, 2.05) is 18.2 Å². The highest BCUT2D eigenvalue weighted by Crippen LogP contribution is 2.32. The Hall–Kier alpha value is -3.14. The fourth-order valence-corrected chi connectivity index (χ4v) is 6.74. The van der Waals surface area contributed by atoms with Crippen LogP contribution < -0.4 is 4.90 Å². The molecule has 0 aliphatic carbocycles. The zero-order valence-corrected chi connectivity index (χ0v) is 21.1. The monoisotopic (exact) mass is 506 g/mol. The van der Waals surface area contributed by atoms with Crippen LogP contribution >= 0.6 is 11.3 Å². The molecule has 5 rings (SSSR count). The van der Waals surface area contributed by atoms with Crippen molar-refractivity contribution >= 4 is 42.6 Å². The van der Waals surface area contributed by atoms with E-state index in [0.29, 0.717) is 30.3 Å². The summed E-state index contributed by atoms with van der Waals surface area (Å²) in [5.41, 5.74) is 3.34. The molecule has 180 valence electrons. The highest BCUT2D eigenvalue weighted by molar-refractivity contribution is 7.89. The zero-order valence-electron chi connectivity index (χ0n) is 19.4. The summed E-state index contributed by atoms with van der Waals surface area (Å²) in [6.45, 7) is 3.49. The summed E-state index contributed by atoms with van der Waals surface area (Å²) in [7, 11) is -3.54. The number of nitrogens with zero attached hydrogens (tertiary/aromatic N) is 4. The van der Waals surface area contributed by atoms with Gasteiger partial charge in [0.1, 0.15) is 0 Å². The van der Waals surface area contributed by atoms with Crippen LogP contribution in [-0.4, -0.2) is 41.7 Å². The van der Waals surface area contributed by atoms with Gasteiger partial charge in [0.25, 0.3) is 5.91 Å². The van der Waals surface area contributed by atoms with E-state index in [9.17, 15) is 13.2 Å². The Morgan fingerprint density at radius 3 is 2.51 bits per heavy atom. The summed E-state index contributed by atoms with van der Waals surface area (Å²) in [4.78, 5) is 24.4. The second kappa shape index (κ2) is 9.85. The number of benzene rings is 2. The van der Waals surface area contributed by atoms with E-state index in [2.05, 4.69) is 24.0 Å². The number of sulfonamides is 1. The first-order valence-electron chi connectivity index (χ1n) is 11.7. The van der Waals surface area contributed by atoms with Crippen molar-refractivity contribution in [1.29, 1.82) is 0 Å². The van der Waals surface area contributed by atoms with Crippen molar-refractivity contribution in [1.82, 2.24) is 14.3 Å². The molecule has 2 aromatic carbocycles. The molecule has 0 saturated carbocycles. The van der Waals surface area contributed by atoms with Crippen LogP contribution in [0.4, 0.5) is 5.13 Å². The highest BCUT2D eigenvalue weighted by atomic mass is 32.2. The summed E-state index contributed by atoms with van der Waals surface area (Å²) in [5.74, 6) is -0.242. The van der Waals surface area contributed by atoms with Gasteiger partial charge in [0, 0.05) is 31.0 Å². The lowest BCUT2D eigenvalue weighted by molar-refractivity contribution is 0.0985. The first-order valence-corrected chi connectivity index (χ1v) is 13.9. The molecule has 35 heavy (non-hydrogen) atoms. The van der Waals surface area contributed by atoms with E-state index in [1.165, 1.54) is 33.3 Å². The van der Waals surface area contributed by atoms with Crippen molar-refractivity contribution in [3.63, 3.8) is 0 Å². The van der Waals surface area contributed by atoms with E-state index in [4.69, 9.17) is 4.98 Å². The fraction of sp³-hybridized carbons (Fsp3) is 0.269. The lowest BCUT2D eigenvalue weighted by atomic mass is 10.2. The van der Waals surface area contributed by atoms with Crippen LogP contribution in [0, 0.1) is 0 Å². The molecule has 7 nitrogen and oxygen atoms in total. The maximum atomic E-state index is 13.7. The standard InChI is InChI=1S/C26H26N4O3S2/c1-2-19-7-12-23-24(16-19)34-26(28-23)30(18-20-6-5-13-27-17-20)25(31)21-8-10-22(11-9-21)35(32,33)29-14-3-4-15-29/h5-13,16-17H,2-4,14-15,18H2,1H3. The molecule has 0 bridgehead atoms. The largest absolute Gasteiger partial charge is 0.279 e. The minimum absolute atomic E-state index is 0.210. The van der Waals surface area contributed by atoms with Crippen LogP contribution in [0.25, 0.3) is 10.2 Å². The lowest BCUT2D eigenvalue weighted by Crippen LogP contribution is -2.30. The molecule has 0 spiro atoms. The topological polar surface area (TPSA) is 83.5 Å². The van der Waals surface area contributed by atoms with Gasteiger partial charge in [0.15, 0.2) is 5.13 Å². The minimum Gasteiger partial charge on any atom is -0.279 e. The van der Waals surface area contributed by atoms with Gasteiger partial charge in [0.05, 0.1) is 21.7 Å². The lowest BCUT2D eigenvalue weighted by Gasteiger charge is -2.20. The molecule has 0 unspecified atom stereocenters. The second-order valence-corrected chi connectivity index (χ2v) is 11.5. The second-order valence-electron chi connectivity index (χ2n) is 8.54. The first-order chi connectivity index (χ1) is 17.0. The highest BCUT2D eigenvalue weighted by Gasteiger charge is 2.28. The van der Waals surface area contributed by atoms with Crippen LogP contribution in [-0.2, 0) is 23.0 Å². The Morgan fingerprint density at radius 2 is 1.83 bits per heavy atom. The Bertz CT molecular complexity index is 1450. The quantitative estimate of drug-likeness (QED) is 0.357. The van der Waals surface area contributed by atoms with E-state index < -0.39 is 10.0 Å². The van der Waals surface area contributed by atoms with Gasteiger partial charge in [0.2, 0.25) is 10.0 Å². The summed E-state index contributed by atoms with van der Waals surface area (Å²) in [6, 6.07) is 16.1. The number of rotatable bonds is 7. The number of fused-ring (bicyclic) bond motifs is 1. The van der Waals surface area contributed by atoms with Crippen LogP contribution in [0.2, 0.25) is 0 Å². The van der Waals surface area contributed by atoms with Gasteiger partial charge in [-0.25, -0.2) is 13.4 Å². The molecule has 2 aromatic heterocycles. The molecule has 1 aliphatic heterocycles. The van der Waals surface area contributed by atoms with E-state index in [0.717, 1.165) is 35.0 Å². The van der Waals surface area contributed by atoms with Gasteiger partial charge in [-0.15, -0.1) is 0 Å². The molecular formula is C26H26N4O3S2. The number of aromatic nitrogens is 2. The number of carbonyl (C=O) groups excluding carboxylic acids is 1. The molecular weight excluding hydrogens is 480 g/mol. The number of anilines is 1. The maximum Gasteiger partial charge on any atom is 0.260 e. The molecule has 0 atom stereocenters. The molecule has 9 heteroatoms. The Labute approximate surface area is 209 Å². The number of hydrogen-bond acceptors (Lipinski definition) is 6. The molecule has 1 aliphatic rings. The van der Waals surface area contributed by atoms with Gasteiger partial charge in [-0.2, -0.15) is 4.31 Å². The maximum absolute atomic E-state index is 13.7. The molecule has 1 amide bonds. The third kappa shape index (κ3) is 4.84. The molecule has 0 radical (unpaired) electrons. The van der Waals surface area contributed by atoms with E-state index in [1.54, 1.807) is 29.4 Å². The summed E-state index contributed by atoms with van der Waals surface area (Å²) < 4.78 is 28.3. The SMILES string of the molecule is CCc1ccc2nc(N(Cc3cccnc3)C(=O)c3ccc(S(=O)(=O)N4CCCC4)cc3)sc2c1. The Morgan fingerprint density at radius 1 is 1.06 bits per heavy atom. The minimum atomic E-state index is -3.54. The predicted molar refractivity (Wildman–Crippen MR) is 138 cm³/mol. The first kappa shape index (κ1) is 23.6. The predicted octanol–water partition coefficient (Wildman–Crippen LogP) is 4.89. The van der Waals surface area contributed by atoms with Crippen LogP contribution in [0.15, 0.2) is 71.9 Å². The van der Waals surface area contributed by atoms with Crippen LogP contribution in [0.1, 0.15) is 41.3 Å². The molecule has 4 aromatic rings. The summed E-state index contributed by atoms with van der Waals surface area (Å²) in [6.07, 6.45) is 6.10. The van der Waals surface area contributed by atoms with E-state index in [-0.39, 0.29) is 10.8 Å². The number of thiazole rings is 1. The normalized spacial score (nSPS) is 14.4. The van der Waals surface area contributed by atoms with Gasteiger partial charge in [-0.05, 0) is 72.9 Å². The zero-order chi connectivity index (χ0) is 24.4.